The second-order valence-electron chi connectivity index (χ2n) is 7.13. The molecule has 8 nitrogen and oxygen atoms in total. The number of H-pyrrole nitrogens is 1. The zero-order chi connectivity index (χ0) is 20.5. The highest BCUT2D eigenvalue weighted by Crippen LogP contribution is 2.33. The Labute approximate surface area is 175 Å². The average molecular weight is 421 g/mol. The molecule has 152 valence electrons. The van der Waals surface area contributed by atoms with Crippen molar-refractivity contribution < 1.29 is 4.74 Å². The molecule has 1 aliphatic rings. The van der Waals surface area contributed by atoms with E-state index in [2.05, 4.69) is 32.0 Å². The van der Waals surface area contributed by atoms with Crippen LogP contribution in [0.4, 0.5) is 5.82 Å². The van der Waals surface area contributed by atoms with Crippen molar-refractivity contribution in [2.24, 2.45) is 0 Å². The molecule has 0 radical (unpaired) electrons. The Bertz CT molecular complexity index is 1300. The largest absolute Gasteiger partial charge is 0.372 e. The van der Waals surface area contributed by atoms with Crippen LogP contribution in [0.15, 0.2) is 64.6 Å². The maximum atomic E-state index is 12.1. The van der Waals surface area contributed by atoms with E-state index in [1.807, 2.05) is 24.3 Å². The van der Waals surface area contributed by atoms with Crippen molar-refractivity contribution in [3.8, 4) is 5.00 Å². The first-order valence-corrected chi connectivity index (χ1v) is 10.5. The Morgan fingerprint density at radius 3 is 2.87 bits per heavy atom. The first kappa shape index (κ1) is 18.7. The van der Waals surface area contributed by atoms with Crippen LogP contribution >= 0.6 is 11.3 Å². The van der Waals surface area contributed by atoms with Gasteiger partial charge in [0.25, 0.3) is 5.56 Å². The molecular formula is C21H19N5O3S. The molecule has 0 bridgehead atoms. The van der Waals surface area contributed by atoms with Crippen molar-refractivity contribution >= 4 is 27.4 Å². The smallest absolute Gasteiger partial charge is 0.333 e. The number of nitrogens with one attached hydrogen (secondary N) is 1. The molecule has 5 rings (SSSR count). The summed E-state index contributed by atoms with van der Waals surface area (Å²) in [5, 5.41) is 1.57. The number of aromatic nitrogens is 4. The van der Waals surface area contributed by atoms with Gasteiger partial charge in [0.05, 0.1) is 18.1 Å². The van der Waals surface area contributed by atoms with Crippen LogP contribution in [0.1, 0.15) is 12.0 Å². The predicted molar refractivity (Wildman–Crippen MR) is 115 cm³/mol. The van der Waals surface area contributed by atoms with E-state index >= 15 is 0 Å². The third-order valence-corrected chi connectivity index (χ3v) is 6.17. The highest BCUT2D eigenvalue weighted by molar-refractivity contribution is 7.21. The molecular weight excluding hydrogens is 402 g/mol. The van der Waals surface area contributed by atoms with Gasteiger partial charge in [-0.05, 0) is 18.1 Å². The predicted octanol–water partition coefficient (Wildman–Crippen LogP) is 2.33. The van der Waals surface area contributed by atoms with Gasteiger partial charge in [-0.15, -0.1) is 0 Å². The van der Waals surface area contributed by atoms with Crippen LogP contribution in [0.25, 0.3) is 15.2 Å². The van der Waals surface area contributed by atoms with Crippen LogP contribution in [0.3, 0.4) is 0 Å². The molecule has 0 spiro atoms. The van der Waals surface area contributed by atoms with E-state index in [1.54, 1.807) is 6.33 Å². The summed E-state index contributed by atoms with van der Waals surface area (Å²) in [6.45, 7) is 2.19. The van der Waals surface area contributed by atoms with Crippen LogP contribution in [0, 0.1) is 0 Å². The number of rotatable bonds is 5. The normalized spacial score (nSPS) is 16.4. The highest BCUT2D eigenvalue weighted by Gasteiger charge is 2.26. The Hall–Kier alpha value is -3.30. The average Bonchev–Trinajstić information content (AvgIpc) is 3.40. The van der Waals surface area contributed by atoms with E-state index in [1.165, 1.54) is 28.2 Å². The number of nitrogens with zero attached hydrogens (tertiary/aromatic N) is 4. The molecule has 1 aliphatic heterocycles. The van der Waals surface area contributed by atoms with Crippen LogP contribution in [-0.2, 0) is 11.3 Å². The van der Waals surface area contributed by atoms with Crippen LogP contribution in [-0.4, -0.2) is 38.7 Å². The molecule has 1 saturated heterocycles. The number of ether oxygens (including phenoxy) is 1. The molecule has 0 saturated carbocycles. The third-order valence-electron chi connectivity index (χ3n) is 5.13. The Morgan fingerprint density at radius 1 is 1.17 bits per heavy atom. The van der Waals surface area contributed by atoms with E-state index in [-0.39, 0.29) is 6.10 Å². The molecule has 1 atom stereocenters. The van der Waals surface area contributed by atoms with Gasteiger partial charge in [0.15, 0.2) is 0 Å². The topological polar surface area (TPSA) is 93.1 Å². The summed E-state index contributed by atoms with van der Waals surface area (Å²) in [5.41, 5.74) is 0.268. The maximum absolute atomic E-state index is 12.1. The standard InChI is InChI=1S/C21H19N5O3S/c27-17-7-9-26(21(28)24-17)18-10-16-19(22-13-23-20(16)30-18)25-8-6-15(11-25)29-12-14-4-2-1-3-5-14/h1-5,7,9-10,13,15H,6,8,11-12H2,(H,24,27,28). The molecule has 1 unspecified atom stereocenters. The first-order chi connectivity index (χ1) is 14.7. The number of aromatic amines is 1. The molecule has 1 fully saturated rings. The molecule has 9 heteroatoms. The molecule has 4 aromatic rings. The molecule has 1 N–H and O–H groups in total. The fourth-order valence-electron chi connectivity index (χ4n) is 3.64. The summed E-state index contributed by atoms with van der Waals surface area (Å²) >= 11 is 1.38. The summed E-state index contributed by atoms with van der Waals surface area (Å²) in [6.07, 6.45) is 4.08. The van der Waals surface area contributed by atoms with Gasteiger partial charge in [-0.2, -0.15) is 0 Å². The van der Waals surface area contributed by atoms with Gasteiger partial charge in [-0.25, -0.2) is 14.8 Å². The number of thiophene rings is 1. The Balaban J connectivity index is 1.38. The van der Waals surface area contributed by atoms with E-state index in [0.29, 0.717) is 11.6 Å². The lowest BCUT2D eigenvalue weighted by molar-refractivity contribution is 0.0553. The lowest BCUT2D eigenvalue weighted by atomic mass is 10.2. The van der Waals surface area contributed by atoms with Crippen LogP contribution in [0.5, 0.6) is 0 Å². The van der Waals surface area contributed by atoms with Gasteiger partial charge in [0.2, 0.25) is 0 Å². The number of fused-ring (bicyclic) bond motifs is 1. The fourth-order valence-corrected chi connectivity index (χ4v) is 4.61. The zero-order valence-electron chi connectivity index (χ0n) is 16.0. The van der Waals surface area contributed by atoms with Crippen molar-refractivity contribution in [1.29, 1.82) is 0 Å². The summed E-state index contributed by atoms with van der Waals surface area (Å²) in [7, 11) is 0. The molecule has 3 aromatic heterocycles. The minimum absolute atomic E-state index is 0.134. The quantitative estimate of drug-likeness (QED) is 0.532. The van der Waals surface area contributed by atoms with Crippen LogP contribution < -0.4 is 16.1 Å². The Kier molecular flexibility index (Phi) is 4.89. The monoisotopic (exact) mass is 421 g/mol. The van der Waals surface area contributed by atoms with E-state index in [9.17, 15) is 9.59 Å². The lowest BCUT2D eigenvalue weighted by Crippen LogP contribution is -2.26. The van der Waals surface area contributed by atoms with Gasteiger partial charge in [-0.1, -0.05) is 41.7 Å². The fraction of sp³-hybridized carbons (Fsp3) is 0.238. The molecule has 30 heavy (non-hydrogen) atoms. The number of hydrogen-bond donors (Lipinski definition) is 1. The second-order valence-corrected chi connectivity index (χ2v) is 8.14. The van der Waals surface area contributed by atoms with Gasteiger partial charge in [0, 0.05) is 25.4 Å². The minimum Gasteiger partial charge on any atom is -0.372 e. The SMILES string of the molecule is O=c1ccn(-c2cc3c(N4CCC(OCc5ccccc5)C4)ncnc3s2)c(=O)[nH]1. The van der Waals surface area contributed by atoms with Crippen LogP contribution in [0.2, 0.25) is 0 Å². The van der Waals surface area contributed by atoms with Crippen molar-refractivity contribution in [3.63, 3.8) is 0 Å². The van der Waals surface area contributed by atoms with Crippen molar-refractivity contribution in [2.75, 3.05) is 18.0 Å². The second kappa shape index (κ2) is 7.85. The molecule has 0 amide bonds. The lowest BCUT2D eigenvalue weighted by Gasteiger charge is -2.18. The van der Waals surface area contributed by atoms with Crippen molar-refractivity contribution in [1.82, 2.24) is 19.5 Å². The number of anilines is 1. The minimum atomic E-state index is -0.473. The van der Waals surface area contributed by atoms with Gasteiger partial charge in [0.1, 0.15) is 22.0 Å². The highest BCUT2D eigenvalue weighted by atomic mass is 32.1. The molecule has 1 aromatic carbocycles. The summed E-state index contributed by atoms with van der Waals surface area (Å²) < 4.78 is 7.50. The van der Waals surface area contributed by atoms with Gasteiger partial charge in [-0.3, -0.25) is 14.3 Å². The van der Waals surface area contributed by atoms with Crippen molar-refractivity contribution in [3.05, 3.63) is 81.4 Å². The van der Waals surface area contributed by atoms with E-state index in [4.69, 9.17) is 4.74 Å². The third kappa shape index (κ3) is 3.64. The van der Waals surface area contributed by atoms with Crippen molar-refractivity contribution in [2.45, 2.75) is 19.1 Å². The summed E-state index contributed by atoms with van der Waals surface area (Å²) in [4.78, 5) is 37.6. The first-order valence-electron chi connectivity index (χ1n) is 9.65. The number of hydrogen-bond acceptors (Lipinski definition) is 7. The van der Waals surface area contributed by atoms with E-state index in [0.717, 1.165) is 41.1 Å². The Morgan fingerprint density at radius 2 is 2.03 bits per heavy atom. The molecule has 0 aliphatic carbocycles. The van der Waals surface area contributed by atoms with E-state index < -0.39 is 11.2 Å². The van der Waals surface area contributed by atoms with Gasteiger partial charge >= 0.3 is 5.69 Å². The zero-order valence-corrected chi connectivity index (χ0v) is 16.8. The summed E-state index contributed by atoms with van der Waals surface area (Å²) in [6, 6.07) is 13.4. The number of benzene rings is 1. The van der Waals surface area contributed by atoms with Gasteiger partial charge < -0.3 is 9.64 Å². The summed E-state index contributed by atoms with van der Waals surface area (Å²) in [5.74, 6) is 0.839. The maximum Gasteiger partial charge on any atom is 0.333 e. The molecule has 4 heterocycles.